The van der Waals surface area contributed by atoms with Crippen molar-refractivity contribution >= 4 is 39.1 Å². The molecule has 3 heterocycles. The lowest BCUT2D eigenvalue weighted by atomic mass is 9.63. The van der Waals surface area contributed by atoms with E-state index in [1.807, 2.05) is 19.1 Å². The zero-order valence-electron chi connectivity index (χ0n) is 28.9. The molecule has 1 spiro atoms. The second kappa shape index (κ2) is 13.8. The monoisotopic (exact) mass is 725 g/mol. The summed E-state index contributed by atoms with van der Waals surface area (Å²) in [6.45, 7) is 6.96. The Labute approximate surface area is 300 Å². The molecular weight excluding hydrogens is 678 g/mol. The molecule has 7 rings (SSSR count). The summed E-state index contributed by atoms with van der Waals surface area (Å²) < 4.78 is 41.3. The SMILES string of the molecule is C[C@@H]1[C@@H](C)C/C=C/[C@](O)(CC(=O)N2CCOCC2)[C@@H]2CC[C@H]2CN2C[C@@]3(CCCc4cc(Cl)ccc43)COc3ccc(cc32)C(=O)NS1(=O)=O. The molecule has 2 bridgehead atoms. The summed E-state index contributed by atoms with van der Waals surface area (Å²) in [6.07, 6.45) is 8.33. The van der Waals surface area contributed by atoms with Gasteiger partial charge in [0.15, 0.2) is 0 Å². The molecule has 1 saturated heterocycles. The highest BCUT2D eigenvalue weighted by Crippen LogP contribution is 2.49. The van der Waals surface area contributed by atoms with Crippen LogP contribution in [0.15, 0.2) is 48.6 Å². The molecule has 0 unspecified atom stereocenters. The van der Waals surface area contributed by atoms with Gasteiger partial charge in [-0.15, -0.1) is 0 Å². The van der Waals surface area contributed by atoms with Crippen LogP contribution in [0.4, 0.5) is 5.69 Å². The van der Waals surface area contributed by atoms with E-state index in [0.29, 0.717) is 63.2 Å². The van der Waals surface area contributed by atoms with Gasteiger partial charge in [0.2, 0.25) is 15.9 Å². The number of hydrogen-bond acceptors (Lipinski definition) is 8. The summed E-state index contributed by atoms with van der Waals surface area (Å²) in [7, 11) is -4.03. The molecule has 5 aliphatic rings. The molecule has 50 heavy (non-hydrogen) atoms. The van der Waals surface area contributed by atoms with Crippen LogP contribution in [0.3, 0.4) is 0 Å². The quantitative estimate of drug-likeness (QED) is 0.421. The summed E-state index contributed by atoms with van der Waals surface area (Å²) in [5.74, 6) is -0.660. The van der Waals surface area contributed by atoms with E-state index in [9.17, 15) is 23.1 Å². The first-order valence-electron chi connectivity index (χ1n) is 18.0. The lowest BCUT2D eigenvalue weighted by molar-refractivity contribution is -0.143. The highest BCUT2D eigenvalue weighted by Gasteiger charge is 2.49. The van der Waals surface area contributed by atoms with Gasteiger partial charge in [-0.25, -0.2) is 13.1 Å². The molecule has 2 aromatic rings. The maximum Gasteiger partial charge on any atom is 0.264 e. The van der Waals surface area contributed by atoms with Crippen molar-refractivity contribution in [3.63, 3.8) is 0 Å². The first-order valence-corrected chi connectivity index (χ1v) is 19.9. The maximum atomic E-state index is 13.6. The molecule has 0 aromatic heterocycles. The number of ether oxygens (including phenoxy) is 2. The van der Waals surface area contributed by atoms with Crippen molar-refractivity contribution < 1.29 is 32.6 Å². The third-order valence-electron chi connectivity index (χ3n) is 12.1. The molecule has 12 heteroatoms. The maximum absolute atomic E-state index is 13.6. The van der Waals surface area contributed by atoms with Gasteiger partial charge >= 0.3 is 0 Å². The fourth-order valence-corrected chi connectivity index (χ4v) is 10.2. The first-order chi connectivity index (χ1) is 23.9. The van der Waals surface area contributed by atoms with Crippen molar-refractivity contribution in [1.82, 2.24) is 9.62 Å². The van der Waals surface area contributed by atoms with Crippen LogP contribution in [-0.2, 0) is 31.4 Å². The number of nitrogens with zero attached hydrogens (tertiary/aromatic N) is 2. The van der Waals surface area contributed by atoms with Crippen LogP contribution in [0.2, 0.25) is 5.02 Å². The Hall–Kier alpha value is -3.12. The number of allylic oxidation sites excluding steroid dienone is 1. The minimum Gasteiger partial charge on any atom is -0.490 e. The Kier molecular flexibility index (Phi) is 9.73. The lowest BCUT2D eigenvalue weighted by Gasteiger charge is -2.49. The lowest BCUT2D eigenvalue weighted by Crippen LogP contribution is -2.54. The van der Waals surface area contributed by atoms with Crippen molar-refractivity contribution in [2.45, 2.75) is 75.1 Å². The largest absolute Gasteiger partial charge is 0.490 e. The second-order valence-corrected chi connectivity index (χ2v) is 17.7. The Morgan fingerprint density at radius 3 is 2.68 bits per heavy atom. The summed E-state index contributed by atoms with van der Waals surface area (Å²) in [6, 6.07) is 11.2. The average molecular weight is 726 g/mol. The number of rotatable bonds is 2. The Bertz CT molecular complexity index is 1780. The fraction of sp³-hybridized carbons (Fsp3) is 0.579. The third-order valence-corrected chi connectivity index (χ3v) is 14.2. The van der Waals surface area contributed by atoms with E-state index < -0.39 is 26.8 Å². The van der Waals surface area contributed by atoms with Crippen molar-refractivity contribution in [3.8, 4) is 5.75 Å². The van der Waals surface area contributed by atoms with Crippen LogP contribution in [0.25, 0.3) is 0 Å². The average Bonchev–Trinajstić information content (AvgIpc) is 3.22. The van der Waals surface area contributed by atoms with Crippen LogP contribution in [0.1, 0.15) is 73.9 Å². The Morgan fingerprint density at radius 1 is 1.12 bits per heavy atom. The molecule has 2 N–H and O–H groups in total. The number of aryl methyl sites for hydroxylation is 1. The van der Waals surface area contributed by atoms with Gasteiger partial charge in [0.25, 0.3) is 5.91 Å². The van der Waals surface area contributed by atoms with Gasteiger partial charge in [-0.05, 0) is 105 Å². The van der Waals surface area contributed by atoms with Crippen molar-refractivity contribution in [1.29, 1.82) is 0 Å². The highest BCUT2D eigenvalue weighted by molar-refractivity contribution is 7.90. The zero-order chi connectivity index (χ0) is 35.3. The van der Waals surface area contributed by atoms with E-state index in [2.05, 4.69) is 21.8 Å². The number of halogens is 1. The minimum atomic E-state index is -4.03. The predicted octanol–water partition coefficient (Wildman–Crippen LogP) is 4.86. The zero-order valence-corrected chi connectivity index (χ0v) is 30.5. The van der Waals surface area contributed by atoms with Crippen LogP contribution in [0, 0.1) is 17.8 Å². The third kappa shape index (κ3) is 6.78. The summed E-state index contributed by atoms with van der Waals surface area (Å²) >= 11 is 6.44. The minimum absolute atomic E-state index is 0.0507. The highest BCUT2D eigenvalue weighted by atomic mass is 35.5. The van der Waals surface area contributed by atoms with Gasteiger partial charge in [-0.1, -0.05) is 36.7 Å². The number of fused-ring (bicyclic) bond motifs is 4. The van der Waals surface area contributed by atoms with Crippen LogP contribution < -0.4 is 14.4 Å². The van der Waals surface area contributed by atoms with E-state index in [0.717, 1.165) is 37.8 Å². The summed E-state index contributed by atoms with van der Waals surface area (Å²) in [4.78, 5) is 31.2. The van der Waals surface area contributed by atoms with Crippen LogP contribution >= 0.6 is 11.6 Å². The van der Waals surface area contributed by atoms with Crippen molar-refractivity contribution in [3.05, 3.63) is 70.3 Å². The van der Waals surface area contributed by atoms with E-state index in [1.165, 1.54) is 11.1 Å². The normalized spacial score (nSPS) is 33.2. The summed E-state index contributed by atoms with van der Waals surface area (Å²) in [5.41, 5.74) is 1.61. The number of carbonyl (C=O) groups is 2. The van der Waals surface area contributed by atoms with Crippen molar-refractivity contribution in [2.75, 3.05) is 50.9 Å². The molecule has 10 nitrogen and oxygen atoms in total. The van der Waals surface area contributed by atoms with E-state index in [1.54, 1.807) is 36.1 Å². The van der Waals surface area contributed by atoms with E-state index in [4.69, 9.17) is 21.1 Å². The Morgan fingerprint density at radius 2 is 1.92 bits per heavy atom. The van der Waals surface area contributed by atoms with Gasteiger partial charge in [-0.3, -0.25) is 9.59 Å². The van der Waals surface area contributed by atoms with Gasteiger partial charge in [0.05, 0.1) is 42.8 Å². The molecule has 2 aliphatic carbocycles. The molecule has 2 fully saturated rings. The van der Waals surface area contributed by atoms with Gasteiger partial charge in [-0.2, -0.15) is 0 Å². The number of aliphatic hydroxyl groups is 1. The second-order valence-electron chi connectivity index (χ2n) is 15.2. The number of morpholine rings is 1. The summed E-state index contributed by atoms with van der Waals surface area (Å²) in [5, 5.41) is 12.3. The molecule has 2 amide bonds. The fourth-order valence-electron chi connectivity index (χ4n) is 8.73. The number of nitrogens with one attached hydrogen (secondary N) is 1. The van der Waals surface area contributed by atoms with Crippen LogP contribution in [-0.4, -0.2) is 87.1 Å². The molecule has 6 atom stereocenters. The molecule has 270 valence electrons. The number of hydrogen-bond donors (Lipinski definition) is 2. The van der Waals surface area contributed by atoms with Crippen LogP contribution in [0.5, 0.6) is 5.75 Å². The predicted molar refractivity (Wildman–Crippen MR) is 192 cm³/mol. The number of benzene rings is 2. The standard InChI is InChI=1S/C38H48ClN3O7S/c1-25-5-3-14-38(45,21-35(43)41-15-17-48-18-16-41)32-10-7-29(32)22-42-23-37(13-4-6-27-19-30(39)9-11-31(27)37)24-49-34-12-8-28(20-33(34)42)36(44)40-50(46,47)26(25)2/h3,8-9,11-12,14,19-20,25-26,29,32,45H,4-7,10,13,15-18,21-24H2,1-2H3,(H,40,44)/b14-3+/t25-,26+,29-,32+,37-,38-/m0/s1. The number of sulfonamides is 1. The van der Waals surface area contributed by atoms with E-state index in [-0.39, 0.29) is 41.1 Å². The van der Waals surface area contributed by atoms with Gasteiger partial charge in [0.1, 0.15) is 5.75 Å². The molecular formula is C38H48ClN3O7S. The smallest absolute Gasteiger partial charge is 0.264 e. The Balaban J connectivity index is 1.29. The van der Waals surface area contributed by atoms with Gasteiger partial charge < -0.3 is 24.4 Å². The number of carbonyl (C=O) groups excluding carboxylic acids is 2. The van der Waals surface area contributed by atoms with E-state index >= 15 is 0 Å². The molecule has 2 aromatic carbocycles. The van der Waals surface area contributed by atoms with Crippen molar-refractivity contribution in [2.24, 2.45) is 17.8 Å². The number of anilines is 1. The molecule has 0 radical (unpaired) electrons. The number of amides is 2. The van der Waals surface area contributed by atoms with Gasteiger partial charge in [0, 0.05) is 42.2 Å². The molecule has 1 saturated carbocycles. The topological polar surface area (TPSA) is 125 Å². The first kappa shape index (κ1) is 35.3. The molecule has 3 aliphatic heterocycles.